The molecule has 1 amide bonds. The normalized spacial score (nSPS) is 11.1. The van der Waals surface area contributed by atoms with Crippen LogP contribution >= 0.6 is 11.3 Å². The van der Waals surface area contributed by atoms with E-state index >= 15 is 0 Å². The van der Waals surface area contributed by atoms with Crippen LogP contribution in [0, 0.1) is 0 Å². The molecule has 2 heterocycles. The van der Waals surface area contributed by atoms with Crippen LogP contribution in [0.2, 0.25) is 0 Å². The van der Waals surface area contributed by atoms with Crippen LogP contribution in [-0.4, -0.2) is 34.9 Å². The molecule has 0 spiro atoms. The van der Waals surface area contributed by atoms with Gasteiger partial charge in [0.25, 0.3) is 5.91 Å². The van der Waals surface area contributed by atoms with Gasteiger partial charge in [-0.2, -0.15) is 0 Å². The zero-order valence-corrected chi connectivity index (χ0v) is 13.9. The van der Waals surface area contributed by atoms with Crippen molar-refractivity contribution in [2.75, 3.05) is 14.1 Å². The summed E-state index contributed by atoms with van der Waals surface area (Å²) in [6.45, 7) is 1.25. The Kier molecular flexibility index (Phi) is 4.64. The summed E-state index contributed by atoms with van der Waals surface area (Å²) in [6, 6.07) is 9.40. The standard InChI is InChI=1S/C17H18N4OS/c1-21(2)10-14-11-23-16(20-14)9-19-17(22)13-6-5-12-4-3-7-18-15(12)8-13/h3-8,11H,9-10H2,1-2H3,(H,19,22). The number of pyridine rings is 1. The first kappa shape index (κ1) is 15.6. The van der Waals surface area contributed by atoms with Crippen molar-refractivity contribution in [3.05, 3.63) is 58.2 Å². The third kappa shape index (κ3) is 3.91. The van der Waals surface area contributed by atoms with E-state index in [9.17, 15) is 4.79 Å². The van der Waals surface area contributed by atoms with E-state index in [-0.39, 0.29) is 5.91 Å². The molecule has 3 aromatic rings. The monoisotopic (exact) mass is 326 g/mol. The maximum Gasteiger partial charge on any atom is 0.251 e. The summed E-state index contributed by atoms with van der Waals surface area (Å²) in [5.41, 5.74) is 2.46. The first-order valence-corrected chi connectivity index (χ1v) is 8.21. The zero-order chi connectivity index (χ0) is 16.2. The van der Waals surface area contributed by atoms with E-state index in [1.165, 1.54) is 0 Å². The second-order valence-electron chi connectivity index (χ2n) is 5.56. The molecule has 6 heteroatoms. The van der Waals surface area contributed by atoms with Gasteiger partial charge < -0.3 is 10.2 Å². The minimum absolute atomic E-state index is 0.109. The topological polar surface area (TPSA) is 58.1 Å². The third-order valence-corrected chi connectivity index (χ3v) is 4.24. The van der Waals surface area contributed by atoms with Gasteiger partial charge in [-0.1, -0.05) is 12.1 Å². The van der Waals surface area contributed by atoms with Gasteiger partial charge in [-0.15, -0.1) is 11.3 Å². The predicted octanol–water partition coefficient (Wildman–Crippen LogP) is 2.68. The lowest BCUT2D eigenvalue weighted by Gasteiger charge is -2.06. The van der Waals surface area contributed by atoms with Crippen LogP contribution in [0.5, 0.6) is 0 Å². The molecule has 0 saturated carbocycles. The number of nitrogens with zero attached hydrogens (tertiary/aromatic N) is 3. The molecule has 5 nitrogen and oxygen atoms in total. The number of amides is 1. The molecule has 0 bridgehead atoms. The third-order valence-electron chi connectivity index (χ3n) is 3.35. The Balaban J connectivity index is 1.65. The largest absolute Gasteiger partial charge is 0.346 e. The number of carbonyl (C=O) groups is 1. The van der Waals surface area contributed by atoms with Crippen LogP contribution in [-0.2, 0) is 13.1 Å². The smallest absolute Gasteiger partial charge is 0.251 e. The van der Waals surface area contributed by atoms with Gasteiger partial charge in [0.15, 0.2) is 0 Å². The Labute approximate surface area is 139 Å². The number of benzene rings is 1. The van der Waals surface area contributed by atoms with Crippen molar-refractivity contribution >= 4 is 28.1 Å². The fraction of sp³-hybridized carbons (Fsp3) is 0.235. The van der Waals surface area contributed by atoms with Gasteiger partial charge in [0, 0.05) is 29.1 Å². The molecule has 0 aliphatic carbocycles. The minimum atomic E-state index is -0.109. The second-order valence-corrected chi connectivity index (χ2v) is 6.51. The van der Waals surface area contributed by atoms with Crippen molar-refractivity contribution < 1.29 is 4.79 Å². The lowest BCUT2D eigenvalue weighted by atomic mass is 10.1. The number of aromatic nitrogens is 2. The molecule has 3 rings (SSSR count). The Morgan fingerprint density at radius 2 is 2.17 bits per heavy atom. The predicted molar refractivity (Wildman–Crippen MR) is 92.4 cm³/mol. The maximum atomic E-state index is 12.3. The molecule has 0 aliphatic rings. The maximum absolute atomic E-state index is 12.3. The average Bonchev–Trinajstić information content (AvgIpc) is 2.98. The van der Waals surface area contributed by atoms with E-state index in [2.05, 4.69) is 20.2 Å². The van der Waals surface area contributed by atoms with Crippen molar-refractivity contribution in [3.8, 4) is 0 Å². The summed E-state index contributed by atoms with van der Waals surface area (Å²) < 4.78 is 0. The van der Waals surface area contributed by atoms with Gasteiger partial charge in [-0.25, -0.2) is 4.98 Å². The van der Waals surface area contributed by atoms with Crippen LogP contribution in [0.25, 0.3) is 10.9 Å². The molecule has 118 valence electrons. The van der Waals surface area contributed by atoms with Gasteiger partial charge in [-0.05, 0) is 32.3 Å². The van der Waals surface area contributed by atoms with E-state index in [4.69, 9.17) is 0 Å². The molecular weight excluding hydrogens is 308 g/mol. The van der Waals surface area contributed by atoms with Gasteiger partial charge in [0.1, 0.15) is 5.01 Å². The Morgan fingerprint density at radius 1 is 1.30 bits per heavy atom. The fourth-order valence-corrected chi connectivity index (χ4v) is 3.02. The highest BCUT2D eigenvalue weighted by molar-refractivity contribution is 7.09. The van der Waals surface area contributed by atoms with E-state index in [0.717, 1.165) is 28.1 Å². The van der Waals surface area contributed by atoms with Crippen LogP contribution < -0.4 is 5.32 Å². The van der Waals surface area contributed by atoms with Crippen LogP contribution in [0.4, 0.5) is 0 Å². The van der Waals surface area contributed by atoms with E-state index in [1.54, 1.807) is 17.5 Å². The van der Waals surface area contributed by atoms with Crippen molar-refractivity contribution in [1.29, 1.82) is 0 Å². The molecule has 1 N–H and O–H groups in total. The second kappa shape index (κ2) is 6.85. The van der Waals surface area contributed by atoms with Crippen LogP contribution in [0.3, 0.4) is 0 Å². The SMILES string of the molecule is CN(C)Cc1csc(CNC(=O)c2ccc3cccnc3c2)n1. The van der Waals surface area contributed by atoms with Gasteiger partial charge >= 0.3 is 0 Å². The molecule has 1 aromatic carbocycles. The molecule has 0 fully saturated rings. The number of thiazole rings is 1. The van der Waals surface area contributed by atoms with Gasteiger partial charge in [0.05, 0.1) is 17.8 Å². The Hall–Kier alpha value is -2.31. The lowest BCUT2D eigenvalue weighted by molar-refractivity contribution is 0.0951. The van der Waals surface area contributed by atoms with Crippen LogP contribution in [0.15, 0.2) is 41.9 Å². The van der Waals surface area contributed by atoms with E-state index in [1.807, 2.05) is 49.8 Å². The fourth-order valence-electron chi connectivity index (χ4n) is 2.29. The number of carbonyl (C=O) groups excluding carboxylic acids is 1. The summed E-state index contributed by atoms with van der Waals surface area (Å²) in [7, 11) is 4.02. The first-order valence-electron chi connectivity index (χ1n) is 7.33. The summed E-state index contributed by atoms with van der Waals surface area (Å²) in [5, 5.41) is 6.88. The minimum Gasteiger partial charge on any atom is -0.346 e. The molecule has 0 unspecified atom stereocenters. The molecule has 0 aliphatic heterocycles. The highest BCUT2D eigenvalue weighted by Gasteiger charge is 2.09. The van der Waals surface area contributed by atoms with Crippen LogP contribution in [0.1, 0.15) is 21.1 Å². The number of nitrogens with one attached hydrogen (secondary N) is 1. The summed E-state index contributed by atoms with van der Waals surface area (Å²) in [6.07, 6.45) is 1.73. The van der Waals surface area contributed by atoms with Crippen molar-refractivity contribution in [2.24, 2.45) is 0 Å². The molecule has 23 heavy (non-hydrogen) atoms. The average molecular weight is 326 g/mol. The number of fused-ring (bicyclic) bond motifs is 1. The highest BCUT2D eigenvalue weighted by atomic mass is 32.1. The molecule has 0 atom stereocenters. The van der Waals surface area contributed by atoms with Gasteiger partial charge in [-0.3, -0.25) is 9.78 Å². The number of hydrogen-bond acceptors (Lipinski definition) is 5. The quantitative estimate of drug-likeness (QED) is 0.783. The molecule has 2 aromatic heterocycles. The zero-order valence-electron chi connectivity index (χ0n) is 13.1. The van der Waals surface area contributed by atoms with E-state index < -0.39 is 0 Å². The molecule has 0 saturated heterocycles. The van der Waals surface area contributed by atoms with Gasteiger partial charge in [0.2, 0.25) is 0 Å². The lowest BCUT2D eigenvalue weighted by Crippen LogP contribution is -2.22. The Bertz CT molecular complexity index is 828. The summed E-state index contributed by atoms with van der Waals surface area (Å²) in [5.74, 6) is -0.109. The summed E-state index contributed by atoms with van der Waals surface area (Å²) >= 11 is 1.57. The van der Waals surface area contributed by atoms with E-state index in [0.29, 0.717) is 12.1 Å². The highest BCUT2D eigenvalue weighted by Crippen LogP contribution is 2.14. The Morgan fingerprint density at radius 3 is 3.00 bits per heavy atom. The van der Waals surface area contributed by atoms with Crippen molar-refractivity contribution in [3.63, 3.8) is 0 Å². The first-order chi connectivity index (χ1) is 11.1. The molecule has 0 radical (unpaired) electrons. The number of hydrogen-bond donors (Lipinski definition) is 1. The van der Waals surface area contributed by atoms with Crippen molar-refractivity contribution in [2.45, 2.75) is 13.1 Å². The number of rotatable bonds is 5. The summed E-state index contributed by atoms with van der Waals surface area (Å²) in [4.78, 5) is 23.1. The van der Waals surface area contributed by atoms with Crippen molar-refractivity contribution in [1.82, 2.24) is 20.2 Å². The molecular formula is C17H18N4OS.